The minimum atomic E-state index is -0.244. The minimum Gasteiger partial charge on any atom is -0.486 e. The predicted molar refractivity (Wildman–Crippen MR) is 139 cm³/mol. The van der Waals surface area contributed by atoms with Crippen LogP contribution in [0.4, 0.5) is 0 Å². The van der Waals surface area contributed by atoms with Crippen molar-refractivity contribution in [1.82, 2.24) is 14.9 Å². The first kappa shape index (κ1) is 23.6. The van der Waals surface area contributed by atoms with Crippen LogP contribution < -0.4 is 15.0 Å². The molecule has 0 unspecified atom stereocenters. The number of benzene rings is 2. The molecule has 0 atom stereocenters. The lowest BCUT2D eigenvalue weighted by Crippen LogP contribution is -2.32. The van der Waals surface area contributed by atoms with E-state index in [1.807, 2.05) is 48.5 Å². The van der Waals surface area contributed by atoms with Crippen LogP contribution in [-0.2, 0) is 18.5 Å². The summed E-state index contributed by atoms with van der Waals surface area (Å²) in [5.74, 6) is 1.11. The van der Waals surface area contributed by atoms with E-state index in [1.54, 1.807) is 23.4 Å². The second kappa shape index (κ2) is 9.49. The van der Waals surface area contributed by atoms with Gasteiger partial charge in [0.05, 0.1) is 12.1 Å². The summed E-state index contributed by atoms with van der Waals surface area (Å²) in [7, 11) is 0. The van der Waals surface area contributed by atoms with Gasteiger partial charge in [0.1, 0.15) is 13.2 Å². The molecule has 0 bridgehead atoms. The van der Waals surface area contributed by atoms with Gasteiger partial charge in [0.15, 0.2) is 11.5 Å². The third-order valence-corrected chi connectivity index (χ3v) is 6.33. The molecule has 1 aliphatic heterocycles. The van der Waals surface area contributed by atoms with Crippen LogP contribution in [0.25, 0.3) is 10.9 Å². The molecule has 2 aromatic heterocycles. The fraction of sp³-hybridized carbons (Fsp3) is 0.276. The molecule has 2 aromatic carbocycles. The van der Waals surface area contributed by atoms with Crippen molar-refractivity contribution in [2.75, 3.05) is 13.2 Å². The molecule has 184 valence electrons. The van der Waals surface area contributed by atoms with E-state index in [4.69, 9.17) is 9.47 Å². The number of hydrogen-bond donors (Lipinski definition) is 1. The highest BCUT2D eigenvalue weighted by Gasteiger charge is 2.21. The van der Waals surface area contributed by atoms with Crippen molar-refractivity contribution in [1.29, 1.82) is 0 Å². The van der Waals surface area contributed by atoms with E-state index in [-0.39, 0.29) is 23.4 Å². The summed E-state index contributed by atoms with van der Waals surface area (Å²) in [4.78, 5) is 35.5. The average Bonchev–Trinajstić information content (AvgIpc) is 2.87. The van der Waals surface area contributed by atoms with E-state index >= 15 is 0 Å². The van der Waals surface area contributed by atoms with Crippen molar-refractivity contribution in [3.8, 4) is 11.5 Å². The number of fused-ring (bicyclic) bond motifs is 2. The van der Waals surface area contributed by atoms with Crippen molar-refractivity contribution in [2.24, 2.45) is 0 Å². The highest BCUT2D eigenvalue weighted by Crippen LogP contribution is 2.33. The summed E-state index contributed by atoms with van der Waals surface area (Å²) >= 11 is 0. The van der Waals surface area contributed by atoms with E-state index < -0.39 is 0 Å². The molecular weight excluding hydrogens is 454 g/mol. The molecule has 7 heteroatoms. The van der Waals surface area contributed by atoms with Gasteiger partial charge in [-0.05, 0) is 46.9 Å². The fourth-order valence-electron chi connectivity index (χ4n) is 4.32. The Morgan fingerprint density at radius 3 is 2.39 bits per heavy atom. The van der Waals surface area contributed by atoms with Crippen molar-refractivity contribution in [3.05, 3.63) is 99.6 Å². The van der Waals surface area contributed by atoms with Crippen LogP contribution in [0.1, 0.15) is 47.8 Å². The van der Waals surface area contributed by atoms with Gasteiger partial charge in [-0.2, -0.15) is 0 Å². The number of hydrogen-bond acceptors (Lipinski definition) is 5. The van der Waals surface area contributed by atoms with Crippen LogP contribution in [0, 0.1) is 0 Å². The molecule has 1 amide bonds. The third kappa shape index (κ3) is 4.96. The van der Waals surface area contributed by atoms with Crippen molar-refractivity contribution in [3.63, 3.8) is 0 Å². The number of nitrogens with one attached hydrogen (secondary N) is 1. The predicted octanol–water partition coefficient (Wildman–Crippen LogP) is 4.83. The Balaban J connectivity index is 1.49. The van der Waals surface area contributed by atoms with Crippen LogP contribution in [0.3, 0.4) is 0 Å². The van der Waals surface area contributed by atoms with Gasteiger partial charge in [0, 0.05) is 41.5 Å². The monoisotopic (exact) mass is 483 g/mol. The molecule has 0 fully saturated rings. The molecule has 0 spiro atoms. The topological polar surface area (TPSA) is 84.5 Å². The number of amides is 1. The number of aromatic amines is 1. The van der Waals surface area contributed by atoms with Gasteiger partial charge in [-0.1, -0.05) is 39.0 Å². The molecule has 1 aliphatic rings. The van der Waals surface area contributed by atoms with Crippen LogP contribution in [0.5, 0.6) is 11.5 Å². The normalized spacial score (nSPS) is 13.0. The molecule has 7 nitrogen and oxygen atoms in total. The SMILES string of the molecule is CC(C)(C)c1ccc(C(=O)N(Cc2cccnc2)Cc2cc3cc4c(cc3[nH]c2=O)OCCO4)cc1. The zero-order valence-electron chi connectivity index (χ0n) is 20.7. The summed E-state index contributed by atoms with van der Waals surface area (Å²) in [6, 6.07) is 16.9. The number of ether oxygens (including phenoxy) is 2. The molecule has 1 N–H and O–H groups in total. The van der Waals surface area contributed by atoms with Crippen molar-refractivity contribution < 1.29 is 14.3 Å². The number of nitrogens with zero attached hydrogens (tertiary/aromatic N) is 2. The second-order valence-electron chi connectivity index (χ2n) is 10.1. The average molecular weight is 484 g/mol. The Morgan fingerprint density at radius 1 is 1.00 bits per heavy atom. The Bertz CT molecular complexity index is 1450. The molecule has 36 heavy (non-hydrogen) atoms. The maximum absolute atomic E-state index is 13.6. The minimum absolute atomic E-state index is 0.0106. The molecule has 0 radical (unpaired) electrons. The Labute approximate surface area is 209 Å². The largest absolute Gasteiger partial charge is 0.486 e. The van der Waals surface area contributed by atoms with Crippen LogP contribution >= 0.6 is 0 Å². The van der Waals surface area contributed by atoms with Gasteiger partial charge >= 0.3 is 0 Å². The van der Waals surface area contributed by atoms with E-state index in [2.05, 4.69) is 30.7 Å². The number of aromatic nitrogens is 2. The van der Waals surface area contributed by atoms with Gasteiger partial charge in [0.25, 0.3) is 11.5 Å². The summed E-state index contributed by atoms with van der Waals surface area (Å²) < 4.78 is 11.3. The van der Waals surface area contributed by atoms with E-state index in [1.165, 1.54) is 0 Å². The van der Waals surface area contributed by atoms with Crippen molar-refractivity contribution >= 4 is 16.8 Å². The maximum atomic E-state index is 13.6. The molecule has 0 saturated heterocycles. The van der Waals surface area contributed by atoms with Gasteiger partial charge in [-0.15, -0.1) is 0 Å². The van der Waals surface area contributed by atoms with E-state index in [0.717, 1.165) is 16.5 Å². The van der Waals surface area contributed by atoms with Crippen LogP contribution in [0.15, 0.2) is 71.8 Å². The van der Waals surface area contributed by atoms with Crippen molar-refractivity contribution in [2.45, 2.75) is 39.3 Å². The number of rotatable bonds is 5. The Morgan fingerprint density at radius 2 is 1.72 bits per heavy atom. The molecule has 0 aliphatic carbocycles. The number of pyridine rings is 2. The number of H-pyrrole nitrogens is 1. The van der Waals surface area contributed by atoms with Gasteiger partial charge in [0.2, 0.25) is 0 Å². The molecule has 3 heterocycles. The van der Waals surface area contributed by atoms with E-state index in [9.17, 15) is 9.59 Å². The first-order valence-corrected chi connectivity index (χ1v) is 12.0. The summed E-state index contributed by atoms with van der Waals surface area (Å²) in [5, 5.41) is 0.817. The fourth-order valence-corrected chi connectivity index (χ4v) is 4.32. The summed E-state index contributed by atoms with van der Waals surface area (Å²) in [6.45, 7) is 7.84. The standard InChI is InChI=1S/C29H29N3O4/c1-29(2,3)23-8-6-20(7-9-23)28(34)32(17-19-5-4-10-30-16-19)18-22-13-21-14-25-26(36-12-11-35-25)15-24(21)31-27(22)33/h4-10,13-16H,11-12,17-18H2,1-3H3,(H,31,33). The van der Waals surface area contributed by atoms with Crippen LogP contribution in [0.2, 0.25) is 0 Å². The first-order valence-electron chi connectivity index (χ1n) is 12.0. The molecule has 0 saturated carbocycles. The quantitative estimate of drug-likeness (QED) is 0.439. The number of carbonyl (C=O) groups excluding carboxylic acids is 1. The Kier molecular flexibility index (Phi) is 6.22. The van der Waals surface area contributed by atoms with Gasteiger partial charge in [-0.3, -0.25) is 14.6 Å². The third-order valence-electron chi connectivity index (χ3n) is 6.33. The molecule has 4 aromatic rings. The first-order chi connectivity index (χ1) is 17.3. The zero-order valence-corrected chi connectivity index (χ0v) is 20.7. The lowest BCUT2D eigenvalue weighted by molar-refractivity contribution is 0.0729. The summed E-state index contributed by atoms with van der Waals surface area (Å²) in [5.41, 5.74) is 3.50. The highest BCUT2D eigenvalue weighted by atomic mass is 16.6. The smallest absolute Gasteiger partial charge is 0.254 e. The highest BCUT2D eigenvalue weighted by molar-refractivity contribution is 5.94. The number of carbonyl (C=O) groups is 1. The van der Waals surface area contributed by atoms with Gasteiger partial charge in [-0.25, -0.2) is 0 Å². The van der Waals surface area contributed by atoms with E-state index in [0.29, 0.717) is 47.9 Å². The Hall–Kier alpha value is -4.13. The maximum Gasteiger partial charge on any atom is 0.254 e. The lowest BCUT2D eigenvalue weighted by Gasteiger charge is -2.24. The lowest BCUT2D eigenvalue weighted by atomic mass is 9.86. The van der Waals surface area contributed by atoms with Crippen LogP contribution in [-0.4, -0.2) is 34.0 Å². The summed E-state index contributed by atoms with van der Waals surface area (Å²) in [6.07, 6.45) is 3.43. The molecule has 5 rings (SSSR count). The molecular formula is C29H29N3O4. The zero-order chi connectivity index (χ0) is 25.3. The second-order valence-corrected chi connectivity index (χ2v) is 10.1. The van der Waals surface area contributed by atoms with Gasteiger partial charge < -0.3 is 19.4 Å².